The summed E-state index contributed by atoms with van der Waals surface area (Å²) in [5.74, 6) is -0.535. The number of anilines is 1. The van der Waals surface area contributed by atoms with Crippen LogP contribution in [0.4, 0.5) is 5.69 Å². The van der Waals surface area contributed by atoms with Crippen LogP contribution in [0.15, 0.2) is 30.2 Å². The van der Waals surface area contributed by atoms with Gasteiger partial charge in [-0.15, -0.1) is 11.8 Å². The number of nitrogens with two attached hydrogens (primary N) is 1. The van der Waals surface area contributed by atoms with E-state index in [4.69, 9.17) is 5.73 Å². The number of H-pyrrole nitrogens is 1. The van der Waals surface area contributed by atoms with Crippen molar-refractivity contribution in [3.05, 3.63) is 41.5 Å². The summed E-state index contributed by atoms with van der Waals surface area (Å²) >= 11 is 1.63. The van der Waals surface area contributed by atoms with Crippen LogP contribution in [-0.4, -0.2) is 25.9 Å². The fourth-order valence-electron chi connectivity index (χ4n) is 2.00. The second-order valence-corrected chi connectivity index (χ2v) is 5.10. The Morgan fingerprint density at radius 2 is 2.42 bits per heavy atom. The molecule has 0 aliphatic carbocycles. The Bertz CT molecular complexity index is 632. The van der Waals surface area contributed by atoms with Crippen LogP contribution in [0, 0.1) is 0 Å². The minimum atomic E-state index is -0.535. The molecule has 1 unspecified atom stereocenters. The Hall–Kier alpha value is -2.22. The highest BCUT2D eigenvalue weighted by atomic mass is 32.2. The van der Waals surface area contributed by atoms with Crippen molar-refractivity contribution in [2.45, 2.75) is 5.37 Å². The Morgan fingerprint density at radius 1 is 1.58 bits per heavy atom. The number of rotatable bonds is 3. The van der Waals surface area contributed by atoms with E-state index in [1.165, 1.54) is 0 Å². The molecule has 0 bridgehead atoms. The molecule has 1 aliphatic heterocycles. The summed E-state index contributed by atoms with van der Waals surface area (Å²) in [6, 6.07) is 0. The quantitative estimate of drug-likeness (QED) is 0.871. The second kappa shape index (κ2) is 4.47. The molecule has 0 radical (unpaired) electrons. The van der Waals surface area contributed by atoms with Gasteiger partial charge in [0.1, 0.15) is 5.37 Å². The van der Waals surface area contributed by atoms with Gasteiger partial charge in [0.2, 0.25) is 0 Å². The molecule has 0 saturated heterocycles. The van der Waals surface area contributed by atoms with Gasteiger partial charge in [-0.2, -0.15) is 10.2 Å². The van der Waals surface area contributed by atoms with Crippen LogP contribution < -0.4 is 10.6 Å². The first-order valence-corrected chi connectivity index (χ1v) is 6.53. The minimum absolute atomic E-state index is 0.0287. The molecule has 0 fully saturated rings. The smallest absolute Gasteiger partial charge is 0.271 e. The molecule has 1 aliphatic rings. The number of aromatic amines is 1. The van der Waals surface area contributed by atoms with Gasteiger partial charge < -0.3 is 10.6 Å². The van der Waals surface area contributed by atoms with Gasteiger partial charge in [0.15, 0.2) is 5.69 Å². The van der Waals surface area contributed by atoms with Gasteiger partial charge in [0.25, 0.3) is 5.91 Å². The second-order valence-electron chi connectivity index (χ2n) is 4.11. The molecule has 7 nitrogen and oxygen atoms in total. The SMILES string of the molecule is Cn1cc(N2C=CSC2c2cn[nH]c2)c(C(N)=O)n1. The molecular formula is C11H12N6OS. The lowest BCUT2D eigenvalue weighted by Crippen LogP contribution is -2.21. The monoisotopic (exact) mass is 276 g/mol. The first-order chi connectivity index (χ1) is 9.16. The van der Waals surface area contributed by atoms with Crippen molar-refractivity contribution in [3.8, 4) is 0 Å². The number of aryl methyl sites for hydroxylation is 1. The first-order valence-electron chi connectivity index (χ1n) is 5.59. The number of thioether (sulfide) groups is 1. The fourth-order valence-corrected chi connectivity index (χ4v) is 2.95. The van der Waals surface area contributed by atoms with E-state index in [9.17, 15) is 4.79 Å². The zero-order valence-corrected chi connectivity index (χ0v) is 11.0. The third kappa shape index (κ3) is 1.99. The van der Waals surface area contributed by atoms with Crippen LogP contribution in [0.3, 0.4) is 0 Å². The molecule has 3 heterocycles. The zero-order chi connectivity index (χ0) is 13.4. The van der Waals surface area contributed by atoms with E-state index in [1.807, 2.05) is 22.7 Å². The number of primary amides is 1. The number of hydrogen-bond donors (Lipinski definition) is 2. The van der Waals surface area contributed by atoms with Crippen molar-refractivity contribution in [1.82, 2.24) is 20.0 Å². The molecule has 98 valence electrons. The van der Waals surface area contributed by atoms with Crippen molar-refractivity contribution < 1.29 is 4.79 Å². The lowest BCUT2D eigenvalue weighted by Gasteiger charge is -2.22. The third-order valence-electron chi connectivity index (χ3n) is 2.81. The normalized spacial score (nSPS) is 18.2. The fraction of sp³-hybridized carbons (Fsp3) is 0.182. The Labute approximate surface area is 113 Å². The molecule has 1 atom stereocenters. The molecule has 19 heavy (non-hydrogen) atoms. The van der Waals surface area contributed by atoms with Crippen LogP contribution in [0.25, 0.3) is 0 Å². The van der Waals surface area contributed by atoms with E-state index in [0.29, 0.717) is 5.69 Å². The van der Waals surface area contributed by atoms with Crippen LogP contribution in [0.1, 0.15) is 21.4 Å². The van der Waals surface area contributed by atoms with E-state index in [2.05, 4.69) is 15.3 Å². The van der Waals surface area contributed by atoms with Crippen LogP contribution in [0.5, 0.6) is 0 Å². The van der Waals surface area contributed by atoms with Crippen LogP contribution in [0.2, 0.25) is 0 Å². The lowest BCUT2D eigenvalue weighted by molar-refractivity contribution is 0.0995. The van der Waals surface area contributed by atoms with Crippen LogP contribution in [-0.2, 0) is 7.05 Å². The summed E-state index contributed by atoms with van der Waals surface area (Å²) in [5, 5.41) is 12.8. The lowest BCUT2D eigenvalue weighted by atomic mass is 10.2. The zero-order valence-electron chi connectivity index (χ0n) is 10.1. The Kier molecular flexibility index (Phi) is 2.79. The topological polar surface area (TPSA) is 92.8 Å². The van der Waals surface area contributed by atoms with Crippen molar-refractivity contribution in [3.63, 3.8) is 0 Å². The predicted octanol–water partition coefficient (Wildman–Crippen LogP) is 0.965. The summed E-state index contributed by atoms with van der Waals surface area (Å²) in [4.78, 5) is 13.4. The molecule has 3 rings (SSSR count). The highest BCUT2D eigenvalue weighted by molar-refractivity contribution is 8.02. The average Bonchev–Trinajstić information content (AvgIpc) is 3.07. The van der Waals surface area contributed by atoms with E-state index in [1.54, 1.807) is 35.9 Å². The number of aromatic nitrogens is 4. The van der Waals surface area contributed by atoms with E-state index in [0.717, 1.165) is 5.56 Å². The number of carbonyl (C=O) groups excluding carboxylic acids is 1. The molecule has 0 spiro atoms. The Balaban J connectivity index is 2.01. The van der Waals surface area contributed by atoms with Gasteiger partial charge in [0, 0.05) is 31.2 Å². The number of amides is 1. The molecule has 1 amide bonds. The first kappa shape index (κ1) is 11.8. The minimum Gasteiger partial charge on any atom is -0.364 e. The Morgan fingerprint density at radius 3 is 3.11 bits per heavy atom. The molecule has 2 aromatic rings. The summed E-state index contributed by atoms with van der Waals surface area (Å²) in [5.41, 5.74) is 7.35. The van der Waals surface area contributed by atoms with Crippen molar-refractivity contribution in [2.24, 2.45) is 12.8 Å². The molecular weight excluding hydrogens is 264 g/mol. The van der Waals surface area contributed by atoms with Gasteiger partial charge in [0.05, 0.1) is 11.9 Å². The summed E-state index contributed by atoms with van der Waals surface area (Å²) in [6.07, 6.45) is 7.28. The van der Waals surface area contributed by atoms with Gasteiger partial charge in [-0.3, -0.25) is 14.6 Å². The number of nitrogens with one attached hydrogen (secondary N) is 1. The average molecular weight is 276 g/mol. The van der Waals surface area contributed by atoms with Gasteiger partial charge in [-0.1, -0.05) is 0 Å². The highest BCUT2D eigenvalue weighted by Crippen LogP contribution is 2.42. The maximum atomic E-state index is 11.5. The summed E-state index contributed by atoms with van der Waals surface area (Å²) in [6.45, 7) is 0. The third-order valence-corrected chi connectivity index (χ3v) is 3.84. The van der Waals surface area contributed by atoms with Gasteiger partial charge in [-0.25, -0.2) is 0 Å². The molecule has 0 saturated carbocycles. The summed E-state index contributed by atoms with van der Waals surface area (Å²) in [7, 11) is 1.76. The molecule has 0 aromatic carbocycles. The maximum Gasteiger partial charge on any atom is 0.271 e. The standard InChI is InChI=1S/C11H12N6OS/c1-16-6-8(9(15-16)10(12)18)17-2-3-19-11(17)7-4-13-14-5-7/h2-6,11H,1H3,(H2,12,18)(H,13,14). The molecule has 3 N–H and O–H groups in total. The maximum absolute atomic E-state index is 11.5. The number of hydrogen-bond acceptors (Lipinski definition) is 5. The van der Waals surface area contributed by atoms with E-state index < -0.39 is 5.91 Å². The highest BCUT2D eigenvalue weighted by Gasteiger charge is 2.28. The largest absolute Gasteiger partial charge is 0.364 e. The molecule has 2 aromatic heterocycles. The van der Waals surface area contributed by atoms with Gasteiger partial charge in [-0.05, 0) is 5.41 Å². The summed E-state index contributed by atoms with van der Waals surface area (Å²) < 4.78 is 1.58. The van der Waals surface area contributed by atoms with Crippen molar-refractivity contribution in [2.75, 3.05) is 4.90 Å². The van der Waals surface area contributed by atoms with E-state index >= 15 is 0 Å². The van der Waals surface area contributed by atoms with Crippen molar-refractivity contribution >= 4 is 23.4 Å². The van der Waals surface area contributed by atoms with Crippen LogP contribution >= 0.6 is 11.8 Å². The number of carbonyl (C=O) groups is 1. The molecule has 8 heteroatoms. The van der Waals surface area contributed by atoms with Crippen molar-refractivity contribution in [1.29, 1.82) is 0 Å². The van der Waals surface area contributed by atoms with E-state index in [-0.39, 0.29) is 11.1 Å². The predicted molar refractivity (Wildman–Crippen MR) is 72.3 cm³/mol. The van der Waals surface area contributed by atoms with Gasteiger partial charge >= 0.3 is 0 Å². The number of nitrogens with zero attached hydrogens (tertiary/aromatic N) is 4.